The number of H-pyrrole nitrogens is 2. The Morgan fingerprint density at radius 3 is 1.71 bits per heavy atom. The van der Waals surface area contributed by atoms with Crippen molar-refractivity contribution in [1.29, 1.82) is 10.5 Å². The molecular weight excluding hydrogens is 652 g/mol. The van der Waals surface area contributed by atoms with Crippen LogP contribution in [-0.2, 0) is 9.47 Å². The number of hydrogen-bond donors (Lipinski definition) is 3. The van der Waals surface area contributed by atoms with Crippen LogP contribution in [0.2, 0.25) is 0 Å². The highest BCUT2D eigenvalue weighted by atomic mass is 16.5. The summed E-state index contributed by atoms with van der Waals surface area (Å²) in [5.41, 5.74) is 2.11. The largest absolute Gasteiger partial charge is 0.387 e. The van der Waals surface area contributed by atoms with Crippen molar-refractivity contribution in [1.82, 2.24) is 19.9 Å². The van der Waals surface area contributed by atoms with Gasteiger partial charge < -0.3 is 34.3 Å². The Morgan fingerprint density at radius 2 is 1.29 bits per heavy atom. The smallest absolute Gasteiger partial charge is 0.268 e. The summed E-state index contributed by atoms with van der Waals surface area (Å²) < 4.78 is 11.2. The van der Waals surface area contributed by atoms with Crippen LogP contribution in [0.3, 0.4) is 0 Å². The number of anilines is 2. The first kappa shape index (κ1) is 35.7. The maximum Gasteiger partial charge on any atom is 0.268 e. The van der Waals surface area contributed by atoms with E-state index in [1.807, 2.05) is 17.0 Å². The Hall–Kier alpha value is -5.15. The number of aliphatic hydroxyl groups excluding tert-OH is 1. The topological polar surface area (TPSA) is 201 Å². The van der Waals surface area contributed by atoms with Gasteiger partial charge in [0.15, 0.2) is 6.29 Å². The molecule has 1 unspecified atom stereocenters. The Balaban J connectivity index is 0.000000177. The van der Waals surface area contributed by atoms with Crippen molar-refractivity contribution in [2.24, 2.45) is 5.92 Å². The molecule has 0 radical (unpaired) electrons. The van der Waals surface area contributed by atoms with E-state index in [4.69, 9.17) is 9.47 Å². The van der Waals surface area contributed by atoms with Crippen LogP contribution < -0.4 is 20.9 Å². The average molecular weight is 695 g/mol. The van der Waals surface area contributed by atoms with Gasteiger partial charge in [-0.15, -0.1) is 0 Å². The van der Waals surface area contributed by atoms with Crippen LogP contribution in [0, 0.1) is 28.6 Å². The normalized spacial score (nSPS) is 18.7. The number of hydrogen-bond acceptors (Lipinski definition) is 12. The number of nitrogens with zero attached hydrogens (tertiary/aromatic N) is 6. The van der Waals surface area contributed by atoms with Gasteiger partial charge in [-0.25, -0.2) is 0 Å². The van der Waals surface area contributed by atoms with Crippen LogP contribution in [0.25, 0.3) is 21.8 Å². The lowest BCUT2D eigenvalue weighted by Gasteiger charge is -2.40. The number of nitriles is 2. The first-order chi connectivity index (χ1) is 24.5. The molecule has 2 aliphatic heterocycles. The predicted octanol–water partition coefficient (Wildman–Crippen LogP) is 3.86. The summed E-state index contributed by atoms with van der Waals surface area (Å²) in [5.74, 6) is 0.258. The number of aldehydes is 1. The number of methoxy groups -OCH3 is 2. The Kier molecular flexibility index (Phi) is 9.95. The molecule has 51 heavy (non-hydrogen) atoms. The number of carbonyl (C=O) groups is 1. The Bertz CT molecular complexity index is 2160. The highest BCUT2D eigenvalue weighted by Crippen LogP contribution is 2.42. The van der Waals surface area contributed by atoms with Crippen molar-refractivity contribution in [3.8, 4) is 12.1 Å². The molecule has 4 aromatic rings. The fourth-order valence-corrected chi connectivity index (χ4v) is 6.95. The molecule has 0 spiro atoms. The molecule has 1 saturated carbocycles. The van der Waals surface area contributed by atoms with Crippen molar-refractivity contribution < 1.29 is 19.4 Å². The first-order valence-corrected chi connectivity index (χ1v) is 17.1. The van der Waals surface area contributed by atoms with Crippen molar-refractivity contribution >= 4 is 39.5 Å². The van der Waals surface area contributed by atoms with Gasteiger partial charge in [0, 0.05) is 51.2 Å². The molecule has 3 N–H and O–H groups in total. The number of aromatic amines is 2. The maximum absolute atomic E-state index is 12.4. The molecule has 3 aliphatic rings. The van der Waals surface area contributed by atoms with E-state index in [1.54, 1.807) is 26.5 Å². The standard InChI is InChI=1S/C20H24N4O3.C17H18N4O3/c1-20(27-2)5-7-24(8-6-20)17-13-9-15(18(25)12-3-4-12)22-11-16(13)23-19(26)14(17)10-21;1-17(24-2)3-5-21(6-4-17)15-12-7-11(10-22)19-9-14(12)20-16(23)13(15)8-18/h9,11-12,18,25H,3-8H2,1-2H3,(H,23,26);7,9-10H,3-6H2,1-2H3,(H,20,23). The van der Waals surface area contributed by atoms with Crippen molar-refractivity contribution in [3.63, 3.8) is 0 Å². The van der Waals surface area contributed by atoms with Crippen LogP contribution in [0.15, 0.2) is 34.1 Å². The third-order valence-electron chi connectivity index (χ3n) is 10.8. The van der Waals surface area contributed by atoms with E-state index >= 15 is 0 Å². The maximum atomic E-state index is 12.4. The van der Waals surface area contributed by atoms with Gasteiger partial charge in [0.1, 0.15) is 29.0 Å². The van der Waals surface area contributed by atoms with Crippen molar-refractivity contribution in [2.75, 3.05) is 50.2 Å². The summed E-state index contributed by atoms with van der Waals surface area (Å²) in [6.45, 7) is 6.85. The molecule has 0 amide bonds. The second-order valence-electron chi connectivity index (χ2n) is 14.1. The van der Waals surface area contributed by atoms with Gasteiger partial charge >= 0.3 is 0 Å². The van der Waals surface area contributed by atoms with E-state index < -0.39 is 17.2 Å². The Morgan fingerprint density at radius 1 is 0.843 bits per heavy atom. The van der Waals surface area contributed by atoms with Gasteiger partial charge in [-0.1, -0.05) is 0 Å². The highest BCUT2D eigenvalue weighted by molar-refractivity contribution is 5.96. The number of piperidine rings is 2. The zero-order chi connectivity index (χ0) is 36.5. The lowest BCUT2D eigenvalue weighted by Crippen LogP contribution is -2.44. The summed E-state index contributed by atoms with van der Waals surface area (Å²) in [6, 6.07) is 7.51. The predicted molar refractivity (Wildman–Crippen MR) is 191 cm³/mol. The molecule has 2 saturated heterocycles. The van der Waals surface area contributed by atoms with Crippen LogP contribution in [0.4, 0.5) is 11.4 Å². The second kappa shape index (κ2) is 14.2. The van der Waals surface area contributed by atoms with E-state index in [0.717, 1.165) is 43.9 Å². The molecule has 14 heteroatoms. The number of nitrogens with one attached hydrogen (secondary N) is 2. The third-order valence-corrected chi connectivity index (χ3v) is 10.8. The van der Waals surface area contributed by atoms with Gasteiger partial charge in [0.2, 0.25) is 0 Å². The zero-order valence-electron chi connectivity index (χ0n) is 29.3. The Labute approximate surface area is 294 Å². The van der Waals surface area contributed by atoms with E-state index in [0.29, 0.717) is 66.0 Å². The molecule has 0 aromatic carbocycles. The quantitative estimate of drug-likeness (QED) is 0.236. The SMILES string of the molecule is COC1(C)CCN(c2c(C#N)c(=O)[nH]c3cnc(C(O)C4CC4)cc23)CC1.COC1(C)CCN(c2c(C#N)c(=O)[nH]c3cnc(C=O)cc23)CC1. The van der Waals surface area contributed by atoms with Crippen LogP contribution in [-0.4, -0.2) is 82.9 Å². The van der Waals surface area contributed by atoms with Crippen LogP contribution >= 0.6 is 0 Å². The minimum absolute atomic E-state index is 0.0616. The lowest BCUT2D eigenvalue weighted by atomic mass is 9.92. The van der Waals surface area contributed by atoms with E-state index in [9.17, 15) is 30.0 Å². The average Bonchev–Trinajstić information content (AvgIpc) is 4.00. The summed E-state index contributed by atoms with van der Waals surface area (Å²) >= 11 is 0. The monoisotopic (exact) mass is 694 g/mol. The molecule has 0 bridgehead atoms. The highest BCUT2D eigenvalue weighted by Gasteiger charge is 2.35. The number of ether oxygens (including phenoxy) is 2. The number of aromatic nitrogens is 4. The zero-order valence-corrected chi connectivity index (χ0v) is 29.3. The number of rotatable bonds is 7. The fourth-order valence-electron chi connectivity index (χ4n) is 6.95. The van der Waals surface area contributed by atoms with Gasteiger partial charge in [-0.2, -0.15) is 10.5 Å². The first-order valence-electron chi connectivity index (χ1n) is 17.1. The van der Waals surface area contributed by atoms with Crippen LogP contribution in [0.1, 0.15) is 85.8 Å². The summed E-state index contributed by atoms with van der Waals surface area (Å²) in [7, 11) is 3.41. The van der Waals surface area contributed by atoms with E-state index in [-0.39, 0.29) is 33.9 Å². The second-order valence-corrected chi connectivity index (χ2v) is 14.1. The van der Waals surface area contributed by atoms with Gasteiger partial charge in [-0.3, -0.25) is 24.4 Å². The summed E-state index contributed by atoms with van der Waals surface area (Å²) in [6.07, 6.45) is 8.30. The molecule has 1 atom stereocenters. The molecule has 7 rings (SSSR count). The molecular formula is C37H42N8O6. The molecule has 4 aromatic heterocycles. The number of pyridine rings is 4. The molecule has 3 fully saturated rings. The number of carbonyl (C=O) groups excluding carboxylic acids is 1. The summed E-state index contributed by atoms with van der Waals surface area (Å²) in [4.78, 5) is 53.6. The van der Waals surface area contributed by atoms with Gasteiger partial charge in [0.05, 0.1) is 57.8 Å². The van der Waals surface area contributed by atoms with Crippen LogP contribution in [0.5, 0.6) is 0 Å². The third kappa shape index (κ3) is 7.08. The lowest BCUT2D eigenvalue weighted by molar-refractivity contribution is -0.0134. The van der Waals surface area contributed by atoms with Gasteiger partial charge in [0.25, 0.3) is 11.1 Å². The number of fused-ring (bicyclic) bond motifs is 2. The summed E-state index contributed by atoms with van der Waals surface area (Å²) in [5, 5.41) is 31.0. The molecule has 14 nitrogen and oxygen atoms in total. The minimum Gasteiger partial charge on any atom is -0.387 e. The van der Waals surface area contributed by atoms with Gasteiger partial charge in [-0.05, 0) is 70.4 Å². The molecule has 6 heterocycles. The van der Waals surface area contributed by atoms with Crippen molar-refractivity contribution in [2.45, 2.75) is 69.7 Å². The molecule has 1 aliphatic carbocycles. The van der Waals surface area contributed by atoms with Crippen molar-refractivity contribution in [3.05, 3.63) is 67.7 Å². The minimum atomic E-state index is -0.599. The van der Waals surface area contributed by atoms with E-state index in [1.165, 1.54) is 6.20 Å². The number of aliphatic hydroxyl groups is 1. The fraction of sp³-hybridized carbons (Fsp3) is 0.486. The molecule has 266 valence electrons. The van der Waals surface area contributed by atoms with E-state index in [2.05, 4.69) is 44.8 Å².